The molecule has 0 fully saturated rings. The molecule has 0 saturated carbocycles. The molecule has 1 rings (SSSR count). The molecule has 0 aliphatic rings. The van der Waals surface area contributed by atoms with Crippen LogP contribution in [-0.2, 0) is 14.8 Å². The SMILES string of the molecule is COC(=O)c1ccccc1S(=O)(=O)NCCCC(C)CO. The third-order valence-electron chi connectivity index (χ3n) is 3.06. The molecule has 0 bridgehead atoms. The minimum absolute atomic E-state index is 0.0104. The molecule has 0 spiro atoms. The van der Waals surface area contributed by atoms with E-state index in [2.05, 4.69) is 9.46 Å². The van der Waals surface area contributed by atoms with E-state index in [4.69, 9.17) is 5.11 Å². The number of sulfonamides is 1. The summed E-state index contributed by atoms with van der Waals surface area (Å²) in [5.74, 6) is -0.554. The summed E-state index contributed by atoms with van der Waals surface area (Å²) in [7, 11) is -2.56. The van der Waals surface area contributed by atoms with Crippen molar-refractivity contribution in [2.75, 3.05) is 20.3 Å². The second kappa shape index (κ2) is 8.11. The summed E-state index contributed by atoms with van der Waals surface area (Å²) in [6.07, 6.45) is 1.33. The lowest BCUT2D eigenvalue weighted by molar-refractivity contribution is 0.0596. The van der Waals surface area contributed by atoms with Gasteiger partial charge in [0, 0.05) is 13.2 Å². The molecule has 0 aliphatic heterocycles. The molecule has 2 N–H and O–H groups in total. The van der Waals surface area contributed by atoms with Crippen LogP contribution in [0.3, 0.4) is 0 Å². The van der Waals surface area contributed by atoms with Crippen molar-refractivity contribution in [1.82, 2.24) is 4.72 Å². The van der Waals surface area contributed by atoms with Crippen LogP contribution in [0.25, 0.3) is 0 Å². The summed E-state index contributed by atoms with van der Waals surface area (Å²) in [6.45, 7) is 2.22. The van der Waals surface area contributed by atoms with Crippen molar-refractivity contribution in [3.05, 3.63) is 29.8 Å². The summed E-state index contributed by atoms with van der Waals surface area (Å²) in [6, 6.07) is 5.90. The van der Waals surface area contributed by atoms with Gasteiger partial charge in [-0.05, 0) is 30.9 Å². The first-order valence-electron chi connectivity index (χ1n) is 6.70. The highest BCUT2D eigenvalue weighted by Crippen LogP contribution is 2.16. The first-order chi connectivity index (χ1) is 9.92. The molecule has 1 aromatic rings. The third kappa shape index (κ3) is 5.11. The van der Waals surface area contributed by atoms with Crippen LogP contribution >= 0.6 is 0 Å². The van der Waals surface area contributed by atoms with Gasteiger partial charge in [0.25, 0.3) is 0 Å². The zero-order valence-electron chi connectivity index (χ0n) is 12.2. The second-order valence-corrected chi connectivity index (χ2v) is 6.55. The van der Waals surface area contributed by atoms with Gasteiger partial charge in [0.1, 0.15) is 0 Å². The highest BCUT2D eigenvalue weighted by atomic mass is 32.2. The van der Waals surface area contributed by atoms with Gasteiger partial charge < -0.3 is 9.84 Å². The van der Waals surface area contributed by atoms with E-state index in [1.54, 1.807) is 12.1 Å². The van der Waals surface area contributed by atoms with Gasteiger partial charge in [-0.3, -0.25) is 0 Å². The lowest BCUT2D eigenvalue weighted by Crippen LogP contribution is -2.27. The van der Waals surface area contributed by atoms with Gasteiger partial charge in [-0.15, -0.1) is 0 Å². The van der Waals surface area contributed by atoms with E-state index in [1.807, 2.05) is 6.92 Å². The number of ether oxygens (including phenoxy) is 1. The van der Waals surface area contributed by atoms with Crippen molar-refractivity contribution >= 4 is 16.0 Å². The number of rotatable bonds is 8. The molecule has 0 amide bonds. The van der Waals surface area contributed by atoms with Crippen LogP contribution < -0.4 is 4.72 Å². The highest BCUT2D eigenvalue weighted by molar-refractivity contribution is 7.89. The number of aliphatic hydroxyl groups excluding tert-OH is 1. The smallest absolute Gasteiger partial charge is 0.339 e. The average Bonchev–Trinajstić information content (AvgIpc) is 2.50. The minimum atomic E-state index is -3.76. The van der Waals surface area contributed by atoms with Crippen LogP contribution in [0.1, 0.15) is 30.1 Å². The maximum atomic E-state index is 12.2. The molecule has 0 aliphatic carbocycles. The van der Waals surface area contributed by atoms with Crippen LogP contribution in [0.5, 0.6) is 0 Å². The van der Waals surface area contributed by atoms with E-state index in [0.717, 1.165) is 6.42 Å². The molecular weight excluding hydrogens is 294 g/mol. The predicted molar refractivity (Wildman–Crippen MR) is 78.5 cm³/mol. The first kappa shape index (κ1) is 17.6. The van der Waals surface area contributed by atoms with E-state index in [-0.39, 0.29) is 29.5 Å². The first-order valence-corrected chi connectivity index (χ1v) is 8.18. The summed E-state index contributed by atoms with van der Waals surface area (Å²) in [5.41, 5.74) is 0.0104. The Hall–Kier alpha value is -1.44. The molecule has 0 saturated heterocycles. The summed E-state index contributed by atoms with van der Waals surface area (Å²) >= 11 is 0. The Bertz CT molecular complexity index is 570. The normalized spacial score (nSPS) is 12.9. The van der Waals surface area contributed by atoms with Gasteiger partial charge in [0.05, 0.1) is 17.6 Å². The van der Waals surface area contributed by atoms with Crippen molar-refractivity contribution in [2.24, 2.45) is 5.92 Å². The fourth-order valence-electron chi connectivity index (χ4n) is 1.81. The van der Waals surface area contributed by atoms with E-state index in [0.29, 0.717) is 6.42 Å². The number of hydrogen-bond acceptors (Lipinski definition) is 5. The Morgan fingerprint density at radius 2 is 2.05 bits per heavy atom. The fourth-order valence-corrected chi connectivity index (χ4v) is 3.07. The number of aliphatic hydroxyl groups is 1. The average molecular weight is 315 g/mol. The molecule has 6 nitrogen and oxygen atoms in total. The van der Waals surface area contributed by atoms with Gasteiger partial charge in [-0.1, -0.05) is 19.1 Å². The summed E-state index contributed by atoms with van der Waals surface area (Å²) in [4.78, 5) is 11.5. The van der Waals surface area contributed by atoms with Gasteiger partial charge in [0.2, 0.25) is 10.0 Å². The van der Waals surface area contributed by atoms with Gasteiger partial charge in [-0.25, -0.2) is 17.9 Å². The van der Waals surface area contributed by atoms with Crippen LogP contribution in [0, 0.1) is 5.92 Å². The maximum absolute atomic E-state index is 12.2. The maximum Gasteiger partial charge on any atom is 0.339 e. The van der Waals surface area contributed by atoms with Gasteiger partial charge >= 0.3 is 5.97 Å². The summed E-state index contributed by atoms with van der Waals surface area (Å²) < 4.78 is 31.5. The Morgan fingerprint density at radius 1 is 1.38 bits per heavy atom. The van der Waals surface area contributed by atoms with Crippen LogP contribution in [0.2, 0.25) is 0 Å². The van der Waals surface area contributed by atoms with E-state index in [9.17, 15) is 13.2 Å². The van der Waals surface area contributed by atoms with E-state index in [1.165, 1.54) is 19.2 Å². The van der Waals surface area contributed by atoms with Crippen LogP contribution in [0.4, 0.5) is 0 Å². The Balaban J connectivity index is 2.77. The number of esters is 1. The minimum Gasteiger partial charge on any atom is -0.465 e. The molecule has 21 heavy (non-hydrogen) atoms. The van der Waals surface area contributed by atoms with E-state index >= 15 is 0 Å². The fraction of sp³-hybridized carbons (Fsp3) is 0.500. The van der Waals surface area contributed by atoms with Crippen molar-refractivity contribution in [2.45, 2.75) is 24.7 Å². The van der Waals surface area contributed by atoms with Crippen molar-refractivity contribution in [3.8, 4) is 0 Å². The third-order valence-corrected chi connectivity index (χ3v) is 4.58. The molecule has 0 radical (unpaired) electrons. The Morgan fingerprint density at radius 3 is 2.67 bits per heavy atom. The second-order valence-electron chi connectivity index (χ2n) is 4.82. The van der Waals surface area contributed by atoms with Crippen molar-refractivity contribution < 1.29 is 23.1 Å². The number of benzene rings is 1. The zero-order chi connectivity index (χ0) is 15.9. The van der Waals surface area contributed by atoms with Crippen LogP contribution in [0.15, 0.2) is 29.2 Å². The molecule has 0 aromatic heterocycles. The molecule has 118 valence electrons. The monoisotopic (exact) mass is 315 g/mol. The van der Waals surface area contributed by atoms with Gasteiger partial charge in [0.15, 0.2) is 0 Å². The topological polar surface area (TPSA) is 92.7 Å². The zero-order valence-corrected chi connectivity index (χ0v) is 13.0. The molecule has 1 unspecified atom stereocenters. The molecule has 1 atom stereocenters. The largest absolute Gasteiger partial charge is 0.465 e. The molecule has 1 aromatic carbocycles. The lowest BCUT2D eigenvalue weighted by Gasteiger charge is -2.11. The van der Waals surface area contributed by atoms with Crippen molar-refractivity contribution in [1.29, 1.82) is 0 Å². The number of carbonyl (C=O) groups is 1. The molecular formula is C14H21NO5S. The Kier molecular flexibility index (Phi) is 6.80. The molecule has 7 heteroatoms. The standard InChI is InChI=1S/C14H21NO5S/c1-11(10-16)6-5-9-15-21(18,19)13-8-4-3-7-12(13)14(17)20-2/h3-4,7-8,11,15-16H,5-6,9-10H2,1-2H3. The predicted octanol–water partition coefficient (Wildman–Crippen LogP) is 1.16. The lowest BCUT2D eigenvalue weighted by atomic mass is 10.1. The summed E-state index contributed by atoms with van der Waals surface area (Å²) in [5, 5.41) is 8.91. The molecule has 0 heterocycles. The van der Waals surface area contributed by atoms with E-state index < -0.39 is 16.0 Å². The quantitative estimate of drug-likeness (QED) is 0.555. The number of nitrogens with one attached hydrogen (secondary N) is 1. The number of hydrogen-bond donors (Lipinski definition) is 2. The van der Waals surface area contributed by atoms with Crippen LogP contribution in [-0.4, -0.2) is 39.8 Å². The Labute approximate surface area is 125 Å². The number of carbonyl (C=O) groups excluding carboxylic acids is 1. The van der Waals surface area contributed by atoms with Crippen molar-refractivity contribution in [3.63, 3.8) is 0 Å². The number of methoxy groups -OCH3 is 1. The van der Waals surface area contributed by atoms with Gasteiger partial charge in [-0.2, -0.15) is 0 Å². The highest BCUT2D eigenvalue weighted by Gasteiger charge is 2.22.